The van der Waals surface area contributed by atoms with E-state index in [1.54, 1.807) is 18.2 Å². The number of carbonyl (C=O) groups is 2. The second kappa shape index (κ2) is 4.41. The lowest BCUT2D eigenvalue weighted by molar-refractivity contribution is -0.115. The molecule has 0 spiro atoms. The molecule has 1 aromatic rings. The molecule has 1 aromatic carbocycles. The van der Waals surface area contributed by atoms with Crippen molar-refractivity contribution in [1.82, 2.24) is 0 Å². The number of hydrogen-bond acceptors (Lipinski definition) is 2. The van der Waals surface area contributed by atoms with Gasteiger partial charge < -0.3 is 10.6 Å². The number of benzene rings is 1. The zero-order chi connectivity index (χ0) is 10.6. The molecule has 4 heteroatoms. The Morgan fingerprint density at radius 1 is 1.07 bits per heavy atom. The summed E-state index contributed by atoms with van der Waals surface area (Å²) in [5.41, 5.74) is 1.23. The van der Waals surface area contributed by atoms with Crippen molar-refractivity contribution < 1.29 is 9.59 Å². The van der Waals surface area contributed by atoms with E-state index >= 15 is 0 Å². The molecule has 0 aliphatic carbocycles. The third-order valence-electron chi connectivity index (χ3n) is 1.43. The standard InChI is InChI=1S/C10H11N2O2/c1-7(13)11-9-4-3-5-10(6-9)12-8(2)14/h4-6H,1-2H3,(H,11,13)(H,12,14). The van der Waals surface area contributed by atoms with Gasteiger partial charge in [-0.1, -0.05) is 0 Å². The van der Waals surface area contributed by atoms with Crippen LogP contribution < -0.4 is 10.6 Å². The van der Waals surface area contributed by atoms with Gasteiger partial charge in [-0.3, -0.25) is 9.59 Å². The third kappa shape index (κ3) is 3.26. The summed E-state index contributed by atoms with van der Waals surface area (Å²) in [7, 11) is 0. The number of nitrogens with one attached hydrogen (secondary N) is 2. The van der Waals surface area contributed by atoms with Crippen molar-refractivity contribution in [3.05, 3.63) is 24.3 Å². The summed E-state index contributed by atoms with van der Waals surface area (Å²) in [6.07, 6.45) is 0. The Kier molecular flexibility index (Phi) is 3.23. The molecule has 0 unspecified atom stereocenters. The van der Waals surface area contributed by atoms with E-state index < -0.39 is 0 Å². The van der Waals surface area contributed by atoms with E-state index in [9.17, 15) is 9.59 Å². The highest BCUT2D eigenvalue weighted by atomic mass is 16.2. The van der Waals surface area contributed by atoms with Gasteiger partial charge in [0.15, 0.2) is 0 Å². The van der Waals surface area contributed by atoms with Crippen molar-refractivity contribution in [2.24, 2.45) is 0 Å². The summed E-state index contributed by atoms with van der Waals surface area (Å²) in [5, 5.41) is 5.19. The van der Waals surface area contributed by atoms with Gasteiger partial charge >= 0.3 is 0 Å². The molecule has 73 valence electrons. The summed E-state index contributed by atoms with van der Waals surface area (Å²) < 4.78 is 0. The van der Waals surface area contributed by atoms with E-state index in [1.807, 2.05) is 0 Å². The Bertz CT molecular complexity index is 330. The van der Waals surface area contributed by atoms with Crippen LogP contribution in [-0.4, -0.2) is 11.8 Å². The molecule has 2 amide bonds. The van der Waals surface area contributed by atoms with E-state index in [0.717, 1.165) is 0 Å². The van der Waals surface area contributed by atoms with Crippen molar-refractivity contribution in [2.75, 3.05) is 10.6 Å². The predicted molar refractivity (Wildman–Crippen MR) is 53.9 cm³/mol. The average molecular weight is 191 g/mol. The normalized spacial score (nSPS) is 9.29. The van der Waals surface area contributed by atoms with E-state index in [-0.39, 0.29) is 11.8 Å². The minimum absolute atomic E-state index is 0.154. The van der Waals surface area contributed by atoms with E-state index in [1.165, 1.54) is 13.8 Å². The largest absolute Gasteiger partial charge is 0.326 e. The summed E-state index contributed by atoms with van der Waals surface area (Å²) in [4.78, 5) is 21.5. The first kappa shape index (κ1) is 10.2. The number of carbonyl (C=O) groups excluding carboxylic acids is 2. The SMILES string of the molecule is CC(=O)Nc1c[c]cc(NC(C)=O)c1. The molecule has 1 rings (SSSR count). The Labute approximate surface area is 82.3 Å². The monoisotopic (exact) mass is 191 g/mol. The zero-order valence-corrected chi connectivity index (χ0v) is 8.05. The van der Waals surface area contributed by atoms with E-state index in [4.69, 9.17) is 0 Å². The van der Waals surface area contributed by atoms with Gasteiger partial charge in [0.25, 0.3) is 0 Å². The fourth-order valence-corrected chi connectivity index (χ4v) is 1.02. The molecule has 1 radical (unpaired) electrons. The maximum Gasteiger partial charge on any atom is 0.221 e. The molecule has 0 fully saturated rings. The maximum atomic E-state index is 10.7. The van der Waals surface area contributed by atoms with Crippen molar-refractivity contribution in [1.29, 1.82) is 0 Å². The molecule has 0 saturated carbocycles. The van der Waals surface area contributed by atoms with Crippen LogP contribution in [0, 0.1) is 6.07 Å². The number of rotatable bonds is 2. The summed E-state index contributed by atoms with van der Waals surface area (Å²) in [6.45, 7) is 2.84. The van der Waals surface area contributed by atoms with Crippen LogP contribution in [0.5, 0.6) is 0 Å². The zero-order valence-electron chi connectivity index (χ0n) is 8.05. The molecule has 14 heavy (non-hydrogen) atoms. The predicted octanol–water partition coefficient (Wildman–Crippen LogP) is 1.40. The topological polar surface area (TPSA) is 58.2 Å². The first-order valence-corrected chi connectivity index (χ1v) is 4.14. The first-order chi connectivity index (χ1) is 6.58. The summed E-state index contributed by atoms with van der Waals surface area (Å²) >= 11 is 0. The molecular formula is C10H11N2O2. The molecule has 4 nitrogen and oxygen atoms in total. The molecule has 0 aliphatic heterocycles. The highest BCUT2D eigenvalue weighted by molar-refractivity contribution is 5.92. The smallest absolute Gasteiger partial charge is 0.221 e. The van der Waals surface area contributed by atoms with E-state index in [2.05, 4.69) is 16.7 Å². The molecule has 0 saturated heterocycles. The molecule has 0 atom stereocenters. The molecular weight excluding hydrogens is 180 g/mol. The molecule has 0 bridgehead atoms. The molecule has 0 heterocycles. The minimum Gasteiger partial charge on any atom is -0.326 e. The molecule has 2 N–H and O–H groups in total. The van der Waals surface area contributed by atoms with Crippen LogP contribution in [0.2, 0.25) is 0 Å². The van der Waals surface area contributed by atoms with Gasteiger partial charge in [-0.05, 0) is 24.3 Å². The van der Waals surface area contributed by atoms with Gasteiger partial charge in [-0.15, -0.1) is 0 Å². The number of amides is 2. The third-order valence-corrected chi connectivity index (χ3v) is 1.43. The Balaban J connectivity index is 2.78. The van der Waals surface area contributed by atoms with Crippen LogP contribution in [0.15, 0.2) is 18.2 Å². The lowest BCUT2D eigenvalue weighted by Crippen LogP contribution is -2.08. The van der Waals surface area contributed by atoms with Gasteiger partial charge in [0.2, 0.25) is 11.8 Å². The second-order valence-corrected chi connectivity index (χ2v) is 2.87. The van der Waals surface area contributed by atoms with Gasteiger partial charge in [0.1, 0.15) is 0 Å². The van der Waals surface area contributed by atoms with Crippen molar-refractivity contribution in [3.63, 3.8) is 0 Å². The molecule has 0 aliphatic rings. The molecule has 0 aromatic heterocycles. The van der Waals surface area contributed by atoms with Gasteiger partial charge in [-0.2, -0.15) is 0 Å². The van der Waals surface area contributed by atoms with Gasteiger partial charge in [0.05, 0.1) is 0 Å². The van der Waals surface area contributed by atoms with Crippen LogP contribution in [-0.2, 0) is 9.59 Å². The Morgan fingerprint density at radius 2 is 1.50 bits per heavy atom. The summed E-state index contributed by atoms with van der Waals surface area (Å²) in [6, 6.07) is 7.74. The maximum absolute atomic E-state index is 10.7. The fraction of sp³-hybridized carbons (Fsp3) is 0.200. The van der Waals surface area contributed by atoms with Crippen LogP contribution in [0.4, 0.5) is 11.4 Å². The van der Waals surface area contributed by atoms with Gasteiger partial charge in [-0.25, -0.2) is 0 Å². The van der Waals surface area contributed by atoms with Crippen LogP contribution in [0.25, 0.3) is 0 Å². The summed E-state index contributed by atoms with van der Waals surface area (Å²) in [5.74, 6) is -0.309. The quantitative estimate of drug-likeness (QED) is 0.742. The lowest BCUT2D eigenvalue weighted by atomic mass is 10.2. The van der Waals surface area contributed by atoms with E-state index in [0.29, 0.717) is 11.4 Å². The average Bonchev–Trinajstić information content (AvgIpc) is 2.01. The Hall–Kier alpha value is -1.84. The van der Waals surface area contributed by atoms with Crippen molar-refractivity contribution in [2.45, 2.75) is 13.8 Å². The first-order valence-electron chi connectivity index (χ1n) is 4.14. The minimum atomic E-state index is -0.154. The fourth-order valence-electron chi connectivity index (χ4n) is 1.02. The Morgan fingerprint density at radius 3 is 1.86 bits per heavy atom. The van der Waals surface area contributed by atoms with Crippen LogP contribution in [0.3, 0.4) is 0 Å². The van der Waals surface area contributed by atoms with Gasteiger partial charge in [0, 0.05) is 25.2 Å². The number of anilines is 2. The second-order valence-electron chi connectivity index (χ2n) is 2.87. The lowest BCUT2D eigenvalue weighted by Gasteiger charge is -2.05. The van der Waals surface area contributed by atoms with Crippen molar-refractivity contribution in [3.8, 4) is 0 Å². The highest BCUT2D eigenvalue weighted by Crippen LogP contribution is 2.14. The highest BCUT2D eigenvalue weighted by Gasteiger charge is 1.98. The van der Waals surface area contributed by atoms with Crippen molar-refractivity contribution >= 4 is 23.2 Å². The van der Waals surface area contributed by atoms with Crippen LogP contribution >= 0.6 is 0 Å². The number of hydrogen-bond donors (Lipinski definition) is 2. The van der Waals surface area contributed by atoms with Crippen LogP contribution in [0.1, 0.15) is 13.8 Å².